The molecule has 5 heterocycles. The van der Waals surface area contributed by atoms with Crippen LogP contribution in [0.25, 0.3) is 0 Å². The van der Waals surface area contributed by atoms with E-state index in [1.807, 2.05) is 58.6 Å². The molecular formula is C48H72F3N5O11. The van der Waals surface area contributed by atoms with Crippen molar-refractivity contribution in [1.29, 1.82) is 0 Å². The summed E-state index contributed by atoms with van der Waals surface area (Å²) in [6, 6.07) is 7.70. The number of rotatable bonds is 8. The van der Waals surface area contributed by atoms with E-state index in [-0.39, 0.29) is 63.0 Å². The number of hydrogen-bond donors (Lipinski definition) is 3. The van der Waals surface area contributed by atoms with Crippen LogP contribution in [-0.4, -0.2) is 160 Å². The van der Waals surface area contributed by atoms with Gasteiger partial charge in [0.05, 0.1) is 29.8 Å². The number of carbonyl (C=O) groups excluding carboxylic acids is 2. The van der Waals surface area contributed by atoms with Gasteiger partial charge in [0.2, 0.25) is 5.95 Å². The fourth-order valence-corrected chi connectivity index (χ4v) is 10.7. The van der Waals surface area contributed by atoms with E-state index >= 15 is 0 Å². The lowest BCUT2D eigenvalue weighted by atomic mass is 9.78. The molecule has 376 valence electrons. The standard InChI is InChI=1S/C48H72F3N5O11/c1-12-35-46(8,61)39(58)31(6)55(11)25-27(2)23-45(7)40(65-43-36(57)34(54(9)10)22-28(3)63-43)29(4)37(30(5)41(59)64-35)66-47(67-45)18-20-56(21-19-47)44-52-24-33(38(53-44)48(49,50)51)42(60)62-26-32-16-14-13-15-17-32/h13-17,24,27-31,34-37,39-40,43,57-58,61H,12,18-23,25-26H2,1-11H3/t27-,28-,29+,30-,31-,34?,35-,36-,37+,39-,40-,43+,45-,46-/m1/s1. The molecule has 0 aliphatic carbocycles. The van der Waals surface area contributed by atoms with Gasteiger partial charge in [0, 0.05) is 56.7 Å². The highest BCUT2D eigenvalue weighted by Gasteiger charge is 2.58. The Bertz CT molecular complexity index is 1990. The zero-order valence-electron chi connectivity index (χ0n) is 40.7. The average molecular weight is 952 g/mol. The molecule has 0 amide bonds. The fourth-order valence-electron chi connectivity index (χ4n) is 10.7. The van der Waals surface area contributed by atoms with Crippen LogP contribution in [0.2, 0.25) is 0 Å². The second-order valence-electron chi connectivity index (χ2n) is 20.2. The van der Waals surface area contributed by atoms with Gasteiger partial charge < -0.3 is 58.4 Å². The van der Waals surface area contributed by atoms with Gasteiger partial charge in [-0.15, -0.1) is 0 Å². The van der Waals surface area contributed by atoms with E-state index in [0.717, 1.165) is 6.20 Å². The first kappa shape index (κ1) is 52.8. The molecule has 3 N–H and O–H groups in total. The molecule has 0 radical (unpaired) electrons. The molecule has 19 heteroatoms. The Hall–Kier alpha value is -3.53. The predicted molar refractivity (Wildman–Crippen MR) is 239 cm³/mol. The van der Waals surface area contributed by atoms with E-state index < -0.39 is 101 Å². The second-order valence-corrected chi connectivity index (χ2v) is 20.2. The first-order valence-corrected chi connectivity index (χ1v) is 23.6. The van der Waals surface area contributed by atoms with Crippen LogP contribution in [0.5, 0.6) is 0 Å². The fraction of sp³-hybridized carbons (Fsp3) is 0.750. The molecular weight excluding hydrogens is 880 g/mol. The van der Waals surface area contributed by atoms with Crippen LogP contribution in [0.1, 0.15) is 109 Å². The molecule has 4 aliphatic heterocycles. The number of fused-ring (bicyclic) bond motifs is 3. The maximum absolute atomic E-state index is 14.6. The summed E-state index contributed by atoms with van der Waals surface area (Å²) in [5, 5.41) is 35.2. The Kier molecular flexibility index (Phi) is 16.4. The predicted octanol–water partition coefficient (Wildman–Crippen LogP) is 5.20. The maximum Gasteiger partial charge on any atom is 0.434 e. The van der Waals surface area contributed by atoms with Gasteiger partial charge in [-0.1, -0.05) is 51.1 Å². The summed E-state index contributed by atoms with van der Waals surface area (Å²) in [5.74, 6) is -5.41. The van der Waals surface area contributed by atoms with Crippen molar-refractivity contribution in [3.63, 3.8) is 0 Å². The van der Waals surface area contributed by atoms with Crippen LogP contribution >= 0.6 is 0 Å². The highest BCUT2D eigenvalue weighted by molar-refractivity contribution is 5.90. The number of aliphatic hydroxyl groups excluding tert-OH is 2. The van der Waals surface area contributed by atoms with E-state index in [1.165, 1.54) is 6.92 Å². The van der Waals surface area contributed by atoms with Gasteiger partial charge in [0.25, 0.3) is 0 Å². The number of aromatic nitrogens is 2. The summed E-state index contributed by atoms with van der Waals surface area (Å²) in [5.41, 5.74) is -4.70. The number of esters is 2. The van der Waals surface area contributed by atoms with Gasteiger partial charge in [0.15, 0.2) is 17.8 Å². The van der Waals surface area contributed by atoms with Crippen molar-refractivity contribution < 1.29 is 66.5 Å². The van der Waals surface area contributed by atoms with Gasteiger partial charge in [0.1, 0.15) is 36.1 Å². The SMILES string of the molecule is CC[C@H]1OC(=O)[C@H](C)[C@H]2OC3(CCN(c4ncc(C(=O)OCc5ccccc5)c(C(F)(F)F)n4)CC3)O[C@](C)(C[C@@H](C)CN(C)[C@H](C)[C@@H](O)[C@]1(C)O)[C@H](O[C@@H]1O[C@H](C)CC(N(C)C)[C@H]1O)[C@H]2C. The van der Waals surface area contributed by atoms with Crippen LogP contribution in [0.15, 0.2) is 36.5 Å². The quantitative estimate of drug-likeness (QED) is 0.293. The molecule has 1 aromatic carbocycles. The van der Waals surface area contributed by atoms with Crippen molar-refractivity contribution in [2.75, 3.05) is 45.7 Å². The number of nitrogens with zero attached hydrogens (tertiary/aromatic N) is 5. The number of benzene rings is 1. The molecule has 1 aromatic heterocycles. The number of likely N-dealkylation sites (N-methyl/N-ethyl adjacent to an activating group) is 2. The van der Waals surface area contributed by atoms with Gasteiger partial charge >= 0.3 is 18.1 Å². The molecule has 4 saturated heterocycles. The highest BCUT2D eigenvalue weighted by atomic mass is 19.4. The first-order chi connectivity index (χ1) is 31.3. The molecule has 67 heavy (non-hydrogen) atoms. The maximum atomic E-state index is 14.6. The third kappa shape index (κ3) is 11.6. The third-order valence-corrected chi connectivity index (χ3v) is 14.5. The summed E-state index contributed by atoms with van der Waals surface area (Å²) >= 11 is 0. The minimum atomic E-state index is -5.01. The molecule has 16 nitrogen and oxygen atoms in total. The van der Waals surface area contributed by atoms with E-state index in [0.29, 0.717) is 24.9 Å². The third-order valence-electron chi connectivity index (χ3n) is 14.5. The zero-order valence-corrected chi connectivity index (χ0v) is 40.7. The van der Waals surface area contributed by atoms with Gasteiger partial charge in [-0.05, 0) is 86.5 Å². The summed E-state index contributed by atoms with van der Waals surface area (Å²) in [6.45, 7) is 14.8. The van der Waals surface area contributed by atoms with Crippen molar-refractivity contribution in [3.8, 4) is 0 Å². The Morgan fingerprint density at radius 2 is 1.70 bits per heavy atom. The zero-order chi connectivity index (χ0) is 49.4. The molecule has 4 fully saturated rings. The van der Waals surface area contributed by atoms with Crippen LogP contribution in [0.4, 0.5) is 19.1 Å². The molecule has 0 saturated carbocycles. The van der Waals surface area contributed by atoms with E-state index in [1.54, 1.807) is 56.0 Å². The van der Waals surface area contributed by atoms with E-state index in [9.17, 15) is 38.1 Å². The van der Waals surface area contributed by atoms with Crippen LogP contribution in [-0.2, 0) is 46.0 Å². The Morgan fingerprint density at radius 3 is 2.31 bits per heavy atom. The lowest BCUT2D eigenvalue weighted by molar-refractivity contribution is -0.328. The molecule has 14 atom stereocenters. The number of aliphatic hydroxyl groups is 3. The smallest absolute Gasteiger partial charge is 0.434 e. The number of anilines is 1. The summed E-state index contributed by atoms with van der Waals surface area (Å²) in [7, 11) is 5.61. The number of alkyl halides is 3. The van der Waals surface area contributed by atoms with E-state index in [4.69, 9.17) is 28.4 Å². The van der Waals surface area contributed by atoms with Crippen molar-refractivity contribution in [2.24, 2.45) is 17.8 Å². The molecule has 2 bridgehead atoms. The lowest BCUT2D eigenvalue weighted by Crippen LogP contribution is -2.60. The van der Waals surface area contributed by atoms with Crippen LogP contribution in [0, 0.1) is 17.8 Å². The monoisotopic (exact) mass is 952 g/mol. The summed E-state index contributed by atoms with van der Waals surface area (Å²) < 4.78 is 82.9. The lowest BCUT2D eigenvalue weighted by Gasteiger charge is -2.49. The second kappa shape index (κ2) is 20.8. The Balaban J connectivity index is 1.38. The number of carbonyl (C=O) groups is 2. The first-order valence-electron chi connectivity index (χ1n) is 23.6. The number of cyclic esters (lactones) is 1. The average Bonchev–Trinajstić information content (AvgIpc) is 3.35. The van der Waals surface area contributed by atoms with E-state index in [2.05, 4.69) is 9.97 Å². The van der Waals surface area contributed by atoms with Gasteiger partial charge in [-0.25, -0.2) is 14.8 Å². The summed E-state index contributed by atoms with van der Waals surface area (Å²) in [6.07, 6.45) is -9.61. The molecule has 1 unspecified atom stereocenters. The van der Waals surface area contributed by atoms with Gasteiger partial charge in [-0.2, -0.15) is 13.2 Å². The largest absolute Gasteiger partial charge is 0.459 e. The highest BCUT2D eigenvalue weighted by Crippen LogP contribution is 2.48. The minimum Gasteiger partial charge on any atom is -0.459 e. The normalized spacial score (nSPS) is 37.1. The van der Waals surface area contributed by atoms with Crippen LogP contribution in [0.3, 0.4) is 0 Å². The Morgan fingerprint density at radius 1 is 1.04 bits per heavy atom. The number of hydrogen-bond acceptors (Lipinski definition) is 16. The Labute approximate surface area is 392 Å². The van der Waals surface area contributed by atoms with Crippen molar-refractivity contribution >= 4 is 17.9 Å². The molecule has 2 aromatic rings. The number of halogens is 3. The van der Waals surface area contributed by atoms with Crippen molar-refractivity contribution in [2.45, 2.75) is 172 Å². The topological polar surface area (TPSA) is 186 Å². The molecule has 1 spiro atoms. The minimum absolute atomic E-state index is 0.0532. The van der Waals surface area contributed by atoms with Crippen molar-refractivity contribution in [1.82, 2.24) is 19.8 Å². The summed E-state index contributed by atoms with van der Waals surface area (Å²) in [4.78, 5) is 41.0. The molecule has 6 rings (SSSR count). The number of ether oxygens (including phenoxy) is 6. The van der Waals surface area contributed by atoms with Crippen molar-refractivity contribution in [3.05, 3.63) is 53.3 Å². The van der Waals surface area contributed by atoms with Gasteiger partial charge in [-0.3, -0.25) is 4.79 Å². The molecule has 4 aliphatic rings. The number of piperidine rings is 1. The van der Waals surface area contributed by atoms with Crippen LogP contribution < -0.4 is 4.90 Å².